The van der Waals surface area contributed by atoms with Crippen molar-refractivity contribution in [3.8, 4) is 5.75 Å². The molecule has 4 rings (SSSR count). The van der Waals surface area contributed by atoms with Gasteiger partial charge < -0.3 is 25.6 Å². The summed E-state index contributed by atoms with van der Waals surface area (Å²) in [5.74, 6) is 1.59. The molecule has 4 aromatic rings. The van der Waals surface area contributed by atoms with E-state index in [9.17, 15) is 4.79 Å². The number of amides is 1. The Hall–Kier alpha value is -3.88. The molecule has 2 heterocycles. The fourth-order valence-electron chi connectivity index (χ4n) is 4.19. The van der Waals surface area contributed by atoms with Crippen molar-refractivity contribution < 1.29 is 9.53 Å². The van der Waals surface area contributed by atoms with Crippen LogP contribution in [0.4, 0.5) is 11.6 Å². The number of nitrogens with zero attached hydrogens (tertiary/aromatic N) is 4. The molecule has 38 heavy (non-hydrogen) atoms. The number of aromatic nitrogens is 2. The fourth-order valence-corrected chi connectivity index (χ4v) is 4.35. The van der Waals surface area contributed by atoms with E-state index in [-0.39, 0.29) is 5.91 Å². The van der Waals surface area contributed by atoms with Crippen molar-refractivity contribution >= 4 is 39.9 Å². The van der Waals surface area contributed by atoms with Crippen LogP contribution in [0.25, 0.3) is 10.8 Å². The molecular formula is C29H33ClN6O2. The summed E-state index contributed by atoms with van der Waals surface area (Å²) in [5, 5.41) is 5.24. The van der Waals surface area contributed by atoms with Gasteiger partial charge in [-0.25, -0.2) is 9.97 Å². The Labute approximate surface area is 228 Å². The Morgan fingerprint density at radius 3 is 2.71 bits per heavy atom. The van der Waals surface area contributed by atoms with Gasteiger partial charge in [0.05, 0.1) is 17.2 Å². The lowest BCUT2D eigenvalue weighted by molar-refractivity contribution is 0.0951. The topological polar surface area (TPSA) is 96.6 Å². The van der Waals surface area contributed by atoms with E-state index < -0.39 is 0 Å². The summed E-state index contributed by atoms with van der Waals surface area (Å²) >= 11 is 6.23. The average molecular weight is 533 g/mol. The number of rotatable bonds is 11. The average Bonchev–Trinajstić information content (AvgIpc) is 2.90. The molecule has 0 bridgehead atoms. The number of nitrogens with one attached hydrogen (secondary N) is 1. The molecule has 0 aliphatic rings. The van der Waals surface area contributed by atoms with E-state index in [1.807, 2.05) is 74.6 Å². The van der Waals surface area contributed by atoms with Gasteiger partial charge in [0, 0.05) is 44.5 Å². The maximum absolute atomic E-state index is 13.2. The second-order valence-electron chi connectivity index (χ2n) is 9.47. The van der Waals surface area contributed by atoms with Crippen LogP contribution in [0.15, 0.2) is 67.0 Å². The van der Waals surface area contributed by atoms with Crippen LogP contribution in [-0.2, 0) is 13.1 Å². The van der Waals surface area contributed by atoms with Gasteiger partial charge in [0.25, 0.3) is 5.91 Å². The minimum atomic E-state index is -0.255. The van der Waals surface area contributed by atoms with Crippen LogP contribution < -0.4 is 20.7 Å². The highest BCUT2D eigenvalue weighted by molar-refractivity contribution is 6.31. The van der Waals surface area contributed by atoms with Crippen LogP contribution in [0.3, 0.4) is 0 Å². The Morgan fingerprint density at radius 2 is 1.89 bits per heavy atom. The number of benzene rings is 2. The van der Waals surface area contributed by atoms with Crippen molar-refractivity contribution in [2.24, 2.45) is 0 Å². The van der Waals surface area contributed by atoms with Gasteiger partial charge >= 0.3 is 0 Å². The van der Waals surface area contributed by atoms with Gasteiger partial charge in [-0.15, -0.1) is 0 Å². The summed E-state index contributed by atoms with van der Waals surface area (Å²) in [6.45, 7) is 2.52. The normalized spacial score (nSPS) is 11.1. The largest absolute Gasteiger partial charge is 0.494 e. The maximum atomic E-state index is 13.2. The van der Waals surface area contributed by atoms with Crippen LogP contribution in [0, 0.1) is 0 Å². The van der Waals surface area contributed by atoms with Gasteiger partial charge in [-0.3, -0.25) is 4.79 Å². The molecule has 0 spiro atoms. The zero-order valence-electron chi connectivity index (χ0n) is 21.9. The second kappa shape index (κ2) is 12.6. The van der Waals surface area contributed by atoms with Crippen molar-refractivity contribution in [1.29, 1.82) is 0 Å². The second-order valence-corrected chi connectivity index (χ2v) is 9.90. The van der Waals surface area contributed by atoms with E-state index in [4.69, 9.17) is 22.1 Å². The van der Waals surface area contributed by atoms with Crippen LogP contribution in [0.5, 0.6) is 5.75 Å². The number of nitrogen functional groups attached to an aromatic ring is 1. The van der Waals surface area contributed by atoms with E-state index in [0.717, 1.165) is 40.6 Å². The number of carbonyl (C=O) groups is 1. The lowest BCUT2D eigenvalue weighted by atomic mass is 10.1. The zero-order chi connectivity index (χ0) is 27.1. The quantitative estimate of drug-likeness (QED) is 0.269. The molecule has 0 unspecified atom stereocenters. The number of pyridine rings is 2. The molecular weight excluding hydrogens is 500 g/mol. The van der Waals surface area contributed by atoms with Crippen molar-refractivity contribution in [2.75, 3.05) is 44.9 Å². The van der Waals surface area contributed by atoms with E-state index in [1.54, 1.807) is 18.5 Å². The van der Waals surface area contributed by atoms with Crippen LogP contribution in [-0.4, -0.2) is 55.1 Å². The minimum Gasteiger partial charge on any atom is -0.494 e. The molecule has 0 atom stereocenters. The van der Waals surface area contributed by atoms with E-state index in [0.29, 0.717) is 41.9 Å². The number of nitrogens with two attached hydrogens (primary N) is 1. The molecule has 0 radical (unpaired) electrons. The number of fused-ring (bicyclic) bond motifs is 1. The number of hydrogen-bond donors (Lipinski definition) is 2. The lowest BCUT2D eigenvalue weighted by Gasteiger charge is -2.21. The van der Waals surface area contributed by atoms with Gasteiger partial charge in [-0.1, -0.05) is 35.9 Å². The molecule has 8 nitrogen and oxygen atoms in total. The first kappa shape index (κ1) is 27.2. The summed E-state index contributed by atoms with van der Waals surface area (Å²) < 4.78 is 5.92. The van der Waals surface area contributed by atoms with Gasteiger partial charge in [0.1, 0.15) is 17.4 Å². The Balaban J connectivity index is 1.43. The number of carbonyl (C=O) groups excluding carboxylic acids is 1. The van der Waals surface area contributed by atoms with E-state index >= 15 is 0 Å². The molecule has 9 heteroatoms. The number of anilines is 2. The predicted octanol–water partition coefficient (Wildman–Crippen LogP) is 4.76. The number of ether oxygens (including phenoxy) is 1. The maximum Gasteiger partial charge on any atom is 0.255 e. The number of hydrogen-bond acceptors (Lipinski definition) is 7. The monoisotopic (exact) mass is 532 g/mol. The predicted molar refractivity (Wildman–Crippen MR) is 154 cm³/mol. The minimum absolute atomic E-state index is 0.255. The molecule has 2 aromatic carbocycles. The third-order valence-corrected chi connectivity index (χ3v) is 6.30. The molecule has 3 N–H and O–H groups in total. The standard InChI is InChI=1S/C29H33ClN6O2/c1-35(2)12-5-13-38-24-7-4-6-21(15-24)19-36(3)28-26(16-23(30)18-33-28)29(37)34-17-20-8-9-25-22(14-20)10-11-32-27(25)31/h4,6-11,14-16,18H,5,12-13,17,19H2,1-3H3,(H2,31,32)(H,34,37). The van der Waals surface area contributed by atoms with E-state index in [1.165, 1.54) is 0 Å². The molecule has 0 fully saturated rings. The van der Waals surface area contributed by atoms with Crippen LogP contribution in [0.2, 0.25) is 5.02 Å². The highest BCUT2D eigenvalue weighted by Crippen LogP contribution is 2.24. The van der Waals surface area contributed by atoms with Gasteiger partial charge in [-0.2, -0.15) is 0 Å². The first-order valence-electron chi connectivity index (χ1n) is 12.4. The molecule has 1 amide bonds. The van der Waals surface area contributed by atoms with Crippen LogP contribution >= 0.6 is 11.6 Å². The molecule has 0 saturated carbocycles. The smallest absolute Gasteiger partial charge is 0.255 e. The van der Waals surface area contributed by atoms with E-state index in [2.05, 4.69) is 20.2 Å². The zero-order valence-corrected chi connectivity index (χ0v) is 22.7. The SMILES string of the molecule is CN(C)CCCOc1cccc(CN(C)c2ncc(Cl)cc2C(=O)NCc2ccc3c(N)nccc3c2)c1. The highest BCUT2D eigenvalue weighted by Gasteiger charge is 2.17. The molecule has 0 saturated heterocycles. The molecule has 2 aromatic heterocycles. The summed E-state index contributed by atoms with van der Waals surface area (Å²) in [6, 6.07) is 17.4. The lowest BCUT2D eigenvalue weighted by Crippen LogP contribution is -2.27. The van der Waals surface area contributed by atoms with Gasteiger partial charge in [0.15, 0.2) is 0 Å². The molecule has 0 aliphatic heterocycles. The first-order chi connectivity index (χ1) is 18.3. The van der Waals surface area contributed by atoms with Crippen molar-refractivity contribution in [1.82, 2.24) is 20.2 Å². The Morgan fingerprint density at radius 1 is 1.05 bits per heavy atom. The van der Waals surface area contributed by atoms with Crippen molar-refractivity contribution in [2.45, 2.75) is 19.5 Å². The van der Waals surface area contributed by atoms with Gasteiger partial charge in [0.2, 0.25) is 0 Å². The number of halogens is 1. The third-order valence-electron chi connectivity index (χ3n) is 6.09. The van der Waals surface area contributed by atoms with Crippen LogP contribution in [0.1, 0.15) is 27.9 Å². The Bertz CT molecular complexity index is 1410. The summed E-state index contributed by atoms with van der Waals surface area (Å²) in [6.07, 6.45) is 4.18. The van der Waals surface area contributed by atoms with Crippen molar-refractivity contribution in [3.63, 3.8) is 0 Å². The fraction of sp³-hybridized carbons (Fsp3) is 0.276. The van der Waals surface area contributed by atoms with Crippen molar-refractivity contribution in [3.05, 3.63) is 88.7 Å². The Kier molecular flexibility index (Phi) is 8.99. The third kappa shape index (κ3) is 7.12. The summed E-state index contributed by atoms with van der Waals surface area (Å²) in [4.78, 5) is 25.9. The van der Waals surface area contributed by atoms with Gasteiger partial charge in [-0.05, 0) is 67.4 Å². The summed E-state index contributed by atoms with van der Waals surface area (Å²) in [5.41, 5.74) is 8.35. The molecule has 0 aliphatic carbocycles. The summed E-state index contributed by atoms with van der Waals surface area (Å²) in [7, 11) is 6.00. The highest BCUT2D eigenvalue weighted by atomic mass is 35.5. The molecule has 198 valence electrons. The first-order valence-corrected chi connectivity index (χ1v) is 12.8.